The SMILES string of the molecule is COc1ccc2[nH]c(C)c(CC(=O)NCCCCO)c2c1C(=O)c1ccc(Cl)cc1. The number of amides is 1. The molecule has 3 rings (SSSR count). The number of nitrogens with one attached hydrogen (secondary N) is 2. The molecule has 0 radical (unpaired) electrons. The van der Waals surface area contributed by atoms with Crippen LogP contribution in [0.1, 0.15) is 40.0 Å². The molecule has 1 amide bonds. The number of carbonyl (C=O) groups excluding carboxylic acids is 2. The van der Waals surface area contributed by atoms with Crippen molar-refractivity contribution < 1.29 is 19.4 Å². The average Bonchev–Trinajstić information content (AvgIpc) is 3.05. The number of unbranched alkanes of at least 4 members (excludes halogenated alkanes) is 1. The fourth-order valence-corrected chi connectivity index (χ4v) is 3.64. The topological polar surface area (TPSA) is 91.4 Å². The average molecular weight is 429 g/mol. The Kier molecular flexibility index (Phi) is 7.13. The van der Waals surface area contributed by atoms with Crippen LogP contribution in [0.3, 0.4) is 0 Å². The van der Waals surface area contributed by atoms with Crippen molar-refractivity contribution >= 4 is 34.2 Å². The van der Waals surface area contributed by atoms with E-state index in [1.165, 1.54) is 7.11 Å². The zero-order valence-electron chi connectivity index (χ0n) is 17.0. The molecule has 0 aliphatic heterocycles. The van der Waals surface area contributed by atoms with Gasteiger partial charge < -0.3 is 20.1 Å². The number of aliphatic hydroxyl groups is 1. The maximum absolute atomic E-state index is 13.4. The van der Waals surface area contributed by atoms with Crippen LogP contribution in [0.25, 0.3) is 10.9 Å². The monoisotopic (exact) mass is 428 g/mol. The molecular formula is C23H25ClN2O4. The summed E-state index contributed by atoms with van der Waals surface area (Å²) in [6.45, 7) is 2.49. The molecule has 2 aromatic carbocycles. The van der Waals surface area contributed by atoms with E-state index in [9.17, 15) is 9.59 Å². The van der Waals surface area contributed by atoms with Gasteiger partial charge in [0.25, 0.3) is 0 Å². The van der Waals surface area contributed by atoms with E-state index in [1.54, 1.807) is 30.3 Å². The van der Waals surface area contributed by atoms with E-state index in [0.717, 1.165) is 16.8 Å². The highest BCUT2D eigenvalue weighted by Gasteiger charge is 2.23. The summed E-state index contributed by atoms with van der Waals surface area (Å²) in [4.78, 5) is 29.1. The number of fused-ring (bicyclic) bond motifs is 1. The number of aromatic nitrogens is 1. The van der Waals surface area contributed by atoms with Crippen LogP contribution in [-0.4, -0.2) is 42.0 Å². The Bertz CT molecular complexity index is 1060. The molecule has 0 saturated heterocycles. The van der Waals surface area contributed by atoms with Crippen molar-refractivity contribution in [2.45, 2.75) is 26.2 Å². The van der Waals surface area contributed by atoms with Gasteiger partial charge >= 0.3 is 0 Å². The van der Waals surface area contributed by atoms with Gasteiger partial charge in [0.15, 0.2) is 5.78 Å². The lowest BCUT2D eigenvalue weighted by molar-refractivity contribution is -0.120. The number of aliphatic hydroxyl groups excluding tert-OH is 1. The minimum absolute atomic E-state index is 0.105. The van der Waals surface area contributed by atoms with Gasteiger partial charge in [-0.2, -0.15) is 0 Å². The molecule has 0 atom stereocenters. The Morgan fingerprint density at radius 3 is 2.53 bits per heavy atom. The molecule has 0 saturated carbocycles. The molecule has 6 nitrogen and oxygen atoms in total. The van der Waals surface area contributed by atoms with Crippen LogP contribution < -0.4 is 10.1 Å². The number of benzene rings is 2. The number of aromatic amines is 1. The predicted octanol–water partition coefficient (Wildman–Crippen LogP) is 3.80. The molecule has 0 spiro atoms. The fourth-order valence-electron chi connectivity index (χ4n) is 3.52. The van der Waals surface area contributed by atoms with Crippen LogP contribution in [0.2, 0.25) is 5.02 Å². The molecule has 3 N–H and O–H groups in total. The van der Waals surface area contributed by atoms with Crippen molar-refractivity contribution in [2.75, 3.05) is 20.3 Å². The van der Waals surface area contributed by atoms with E-state index in [2.05, 4.69) is 10.3 Å². The highest BCUT2D eigenvalue weighted by Crippen LogP contribution is 2.34. The van der Waals surface area contributed by atoms with Gasteiger partial charge in [0, 0.05) is 40.3 Å². The maximum atomic E-state index is 13.4. The number of carbonyl (C=O) groups is 2. The van der Waals surface area contributed by atoms with Gasteiger partial charge in [-0.05, 0) is 61.7 Å². The first kappa shape index (κ1) is 21.9. The van der Waals surface area contributed by atoms with Crippen LogP contribution in [0.5, 0.6) is 5.75 Å². The van der Waals surface area contributed by atoms with Crippen molar-refractivity contribution in [1.82, 2.24) is 10.3 Å². The smallest absolute Gasteiger partial charge is 0.224 e. The highest BCUT2D eigenvalue weighted by atomic mass is 35.5. The quantitative estimate of drug-likeness (QED) is 0.357. The van der Waals surface area contributed by atoms with E-state index in [4.69, 9.17) is 21.4 Å². The lowest BCUT2D eigenvalue weighted by Crippen LogP contribution is -2.26. The number of halogens is 1. The van der Waals surface area contributed by atoms with Gasteiger partial charge in [-0.3, -0.25) is 9.59 Å². The number of ether oxygens (including phenoxy) is 1. The number of hydrogen-bond acceptors (Lipinski definition) is 4. The van der Waals surface area contributed by atoms with E-state index in [0.29, 0.717) is 46.7 Å². The predicted molar refractivity (Wildman–Crippen MR) is 118 cm³/mol. The molecule has 0 aliphatic carbocycles. The van der Waals surface area contributed by atoms with Crippen molar-refractivity contribution in [3.8, 4) is 5.75 Å². The van der Waals surface area contributed by atoms with Crippen molar-refractivity contribution in [3.05, 3.63) is 63.8 Å². The molecule has 30 heavy (non-hydrogen) atoms. The number of methoxy groups -OCH3 is 1. The van der Waals surface area contributed by atoms with Crippen LogP contribution in [0.15, 0.2) is 36.4 Å². The first-order valence-corrected chi connectivity index (χ1v) is 10.2. The van der Waals surface area contributed by atoms with Gasteiger partial charge in [0.2, 0.25) is 5.91 Å². The van der Waals surface area contributed by atoms with Crippen molar-refractivity contribution in [3.63, 3.8) is 0 Å². The summed E-state index contributed by atoms with van der Waals surface area (Å²) in [5, 5.41) is 13.0. The molecule has 7 heteroatoms. The Morgan fingerprint density at radius 1 is 1.13 bits per heavy atom. The minimum Gasteiger partial charge on any atom is -0.496 e. The Balaban J connectivity index is 2.02. The van der Waals surface area contributed by atoms with Crippen LogP contribution in [-0.2, 0) is 11.2 Å². The van der Waals surface area contributed by atoms with Gasteiger partial charge in [0.1, 0.15) is 5.75 Å². The molecule has 0 bridgehead atoms. The molecule has 0 aliphatic rings. The van der Waals surface area contributed by atoms with Crippen LogP contribution >= 0.6 is 11.6 Å². The van der Waals surface area contributed by atoms with Gasteiger partial charge in [-0.25, -0.2) is 0 Å². The normalized spacial score (nSPS) is 10.9. The molecular weight excluding hydrogens is 404 g/mol. The molecule has 1 aromatic heterocycles. The van der Waals surface area contributed by atoms with Crippen LogP contribution in [0, 0.1) is 6.92 Å². The summed E-state index contributed by atoms with van der Waals surface area (Å²) in [5.41, 5.74) is 3.27. The number of aryl methyl sites for hydroxylation is 1. The largest absolute Gasteiger partial charge is 0.496 e. The van der Waals surface area contributed by atoms with Gasteiger partial charge in [-0.1, -0.05) is 11.6 Å². The van der Waals surface area contributed by atoms with Gasteiger partial charge in [-0.15, -0.1) is 0 Å². The lowest BCUT2D eigenvalue weighted by Gasteiger charge is -2.12. The summed E-state index contributed by atoms with van der Waals surface area (Å²) < 4.78 is 5.50. The zero-order valence-corrected chi connectivity index (χ0v) is 17.8. The number of ketones is 1. The highest BCUT2D eigenvalue weighted by molar-refractivity contribution is 6.30. The Hall–Kier alpha value is -2.83. The second-order valence-corrected chi connectivity index (χ2v) is 7.52. The molecule has 0 unspecified atom stereocenters. The maximum Gasteiger partial charge on any atom is 0.224 e. The third kappa shape index (κ3) is 4.66. The first-order valence-electron chi connectivity index (χ1n) is 9.82. The van der Waals surface area contributed by atoms with E-state index in [1.807, 2.05) is 13.0 Å². The molecule has 0 fully saturated rings. The number of hydrogen-bond donors (Lipinski definition) is 3. The second-order valence-electron chi connectivity index (χ2n) is 7.09. The van der Waals surface area contributed by atoms with E-state index in [-0.39, 0.29) is 24.7 Å². The summed E-state index contributed by atoms with van der Waals surface area (Å²) >= 11 is 5.96. The standard InChI is InChI=1S/C23H25ClN2O4/c1-14-17(13-20(28)25-11-3-4-12-27)21-18(26-14)9-10-19(30-2)22(21)23(29)15-5-7-16(24)8-6-15/h5-10,26-27H,3-4,11-13H2,1-2H3,(H,25,28). The fraction of sp³-hybridized carbons (Fsp3) is 0.304. The summed E-state index contributed by atoms with van der Waals surface area (Å²) in [5.74, 6) is 0.119. The van der Waals surface area contributed by atoms with E-state index < -0.39 is 0 Å². The Morgan fingerprint density at radius 2 is 1.87 bits per heavy atom. The third-order valence-electron chi connectivity index (χ3n) is 5.04. The van der Waals surface area contributed by atoms with Crippen LogP contribution in [0.4, 0.5) is 0 Å². The number of H-pyrrole nitrogens is 1. The summed E-state index contributed by atoms with van der Waals surface area (Å²) in [7, 11) is 1.52. The lowest BCUT2D eigenvalue weighted by atomic mass is 9.95. The molecule has 1 heterocycles. The number of rotatable bonds is 9. The first-order chi connectivity index (χ1) is 14.5. The van der Waals surface area contributed by atoms with E-state index >= 15 is 0 Å². The van der Waals surface area contributed by atoms with Crippen molar-refractivity contribution in [2.24, 2.45) is 0 Å². The molecule has 158 valence electrons. The molecule has 3 aromatic rings. The summed E-state index contributed by atoms with van der Waals surface area (Å²) in [6.07, 6.45) is 1.49. The Labute approximate surface area is 180 Å². The van der Waals surface area contributed by atoms with Gasteiger partial charge in [0.05, 0.1) is 19.1 Å². The third-order valence-corrected chi connectivity index (χ3v) is 5.29. The minimum atomic E-state index is -0.197. The zero-order chi connectivity index (χ0) is 21.7. The second kappa shape index (κ2) is 9.78. The van der Waals surface area contributed by atoms with Crippen molar-refractivity contribution in [1.29, 1.82) is 0 Å². The summed E-state index contributed by atoms with van der Waals surface area (Å²) in [6, 6.07) is 10.3.